The van der Waals surface area contributed by atoms with E-state index >= 15 is 0 Å². The summed E-state index contributed by atoms with van der Waals surface area (Å²) in [5.74, 6) is 0.366. The van der Waals surface area contributed by atoms with E-state index in [-0.39, 0.29) is 11.9 Å². The molecule has 102 valence electrons. The van der Waals surface area contributed by atoms with Gasteiger partial charge in [-0.25, -0.2) is 4.68 Å². The first-order chi connectivity index (χ1) is 8.21. The highest BCUT2D eigenvalue weighted by Crippen LogP contribution is 2.14. The number of nitrogens with two attached hydrogens (primary N) is 1. The van der Waals surface area contributed by atoms with Gasteiger partial charge in [-0.3, -0.25) is 4.79 Å². The van der Waals surface area contributed by atoms with Gasteiger partial charge in [0.25, 0.3) is 0 Å². The minimum Gasteiger partial charge on any atom is -0.354 e. The minimum atomic E-state index is -0.549. The summed E-state index contributed by atoms with van der Waals surface area (Å²) in [5.41, 5.74) is 6.05. The van der Waals surface area contributed by atoms with Crippen LogP contribution in [0, 0.1) is 5.92 Å². The summed E-state index contributed by atoms with van der Waals surface area (Å²) in [6, 6.07) is -0.382. The van der Waals surface area contributed by atoms with Crippen LogP contribution in [0.2, 0.25) is 0 Å². The van der Waals surface area contributed by atoms with Crippen molar-refractivity contribution in [3.05, 3.63) is 11.9 Å². The summed E-state index contributed by atoms with van der Waals surface area (Å²) in [7, 11) is 0. The summed E-state index contributed by atoms with van der Waals surface area (Å²) in [6.45, 7) is 10.3. The van der Waals surface area contributed by atoms with E-state index in [1.165, 1.54) is 0 Å². The topological polar surface area (TPSA) is 85.8 Å². The van der Waals surface area contributed by atoms with Gasteiger partial charge in [-0.15, -0.1) is 5.10 Å². The van der Waals surface area contributed by atoms with Crippen LogP contribution in [0.25, 0.3) is 0 Å². The van der Waals surface area contributed by atoms with Gasteiger partial charge in [0, 0.05) is 6.54 Å². The van der Waals surface area contributed by atoms with E-state index in [4.69, 9.17) is 5.73 Å². The number of hydrogen-bond acceptors (Lipinski definition) is 4. The van der Waals surface area contributed by atoms with Crippen LogP contribution in [-0.2, 0) is 10.3 Å². The van der Waals surface area contributed by atoms with E-state index in [1.54, 1.807) is 17.8 Å². The highest BCUT2D eigenvalue weighted by molar-refractivity contribution is 5.79. The third-order valence-electron chi connectivity index (χ3n) is 2.63. The van der Waals surface area contributed by atoms with E-state index in [0.717, 1.165) is 0 Å². The molecule has 0 saturated carbocycles. The number of aromatic nitrogens is 3. The van der Waals surface area contributed by atoms with Crippen molar-refractivity contribution in [1.82, 2.24) is 20.3 Å². The Hall–Kier alpha value is -1.43. The van der Waals surface area contributed by atoms with Crippen LogP contribution in [0.5, 0.6) is 0 Å². The zero-order valence-electron chi connectivity index (χ0n) is 11.8. The van der Waals surface area contributed by atoms with E-state index < -0.39 is 5.54 Å². The highest BCUT2D eigenvalue weighted by Gasteiger charge is 2.22. The average Bonchev–Trinajstić information content (AvgIpc) is 2.73. The zero-order chi connectivity index (χ0) is 13.9. The van der Waals surface area contributed by atoms with Gasteiger partial charge >= 0.3 is 0 Å². The standard InChI is InChI=1S/C12H23N5O/c1-8(2)6-14-11(18)9(3)17-7-10(15-16-17)12(4,5)13/h7-9H,6,13H2,1-5H3,(H,14,18). The fourth-order valence-corrected chi connectivity index (χ4v) is 1.33. The molecule has 0 aliphatic heterocycles. The summed E-state index contributed by atoms with van der Waals surface area (Å²) < 4.78 is 1.54. The van der Waals surface area contributed by atoms with E-state index in [1.807, 2.05) is 13.8 Å². The molecular formula is C12H23N5O. The van der Waals surface area contributed by atoms with E-state index in [0.29, 0.717) is 18.2 Å². The van der Waals surface area contributed by atoms with Crippen LogP contribution in [0.4, 0.5) is 0 Å². The lowest BCUT2D eigenvalue weighted by Crippen LogP contribution is -2.33. The molecule has 0 radical (unpaired) electrons. The molecule has 1 rings (SSSR count). The molecule has 3 N–H and O–H groups in total. The van der Waals surface area contributed by atoms with Crippen molar-refractivity contribution in [3.63, 3.8) is 0 Å². The monoisotopic (exact) mass is 253 g/mol. The number of rotatable bonds is 5. The van der Waals surface area contributed by atoms with Crippen LogP contribution in [0.15, 0.2) is 6.20 Å². The number of carbonyl (C=O) groups is 1. The molecule has 1 amide bonds. The molecule has 0 aromatic carbocycles. The third kappa shape index (κ3) is 3.80. The lowest BCUT2D eigenvalue weighted by atomic mass is 10.0. The first kappa shape index (κ1) is 14.6. The molecule has 1 aromatic rings. The normalized spacial score (nSPS) is 13.7. The maximum Gasteiger partial charge on any atom is 0.244 e. The maximum absolute atomic E-state index is 11.9. The lowest BCUT2D eigenvalue weighted by molar-refractivity contribution is -0.124. The molecule has 6 nitrogen and oxygen atoms in total. The molecule has 18 heavy (non-hydrogen) atoms. The van der Waals surface area contributed by atoms with Crippen molar-refractivity contribution >= 4 is 5.91 Å². The second-order valence-corrected chi connectivity index (χ2v) is 5.62. The molecule has 1 atom stereocenters. The van der Waals surface area contributed by atoms with Gasteiger partial charge in [0.15, 0.2) is 0 Å². The predicted octanol–water partition coefficient (Wildman–Crippen LogP) is 0.805. The van der Waals surface area contributed by atoms with Gasteiger partial charge in [-0.05, 0) is 26.7 Å². The Morgan fingerprint density at radius 3 is 2.56 bits per heavy atom. The molecule has 1 heterocycles. The SMILES string of the molecule is CC(C)CNC(=O)C(C)n1cc(C(C)(C)N)nn1. The Balaban J connectivity index is 2.69. The van der Waals surface area contributed by atoms with Gasteiger partial charge in [-0.2, -0.15) is 0 Å². The Morgan fingerprint density at radius 1 is 1.50 bits per heavy atom. The van der Waals surface area contributed by atoms with Crippen LogP contribution in [0.1, 0.15) is 46.4 Å². The van der Waals surface area contributed by atoms with Crippen molar-refractivity contribution in [2.45, 2.75) is 46.2 Å². The lowest BCUT2D eigenvalue weighted by Gasteiger charge is -2.15. The number of nitrogens with one attached hydrogen (secondary N) is 1. The smallest absolute Gasteiger partial charge is 0.244 e. The Morgan fingerprint density at radius 2 is 2.11 bits per heavy atom. The summed E-state index contributed by atoms with van der Waals surface area (Å²) >= 11 is 0. The van der Waals surface area contributed by atoms with E-state index in [2.05, 4.69) is 29.5 Å². The second kappa shape index (κ2) is 5.48. The molecule has 0 fully saturated rings. The molecule has 6 heteroatoms. The Labute approximate surface area is 108 Å². The van der Waals surface area contributed by atoms with Crippen LogP contribution >= 0.6 is 0 Å². The Bertz CT molecular complexity index is 405. The number of nitrogens with zero attached hydrogens (tertiary/aromatic N) is 3. The van der Waals surface area contributed by atoms with Gasteiger partial charge < -0.3 is 11.1 Å². The second-order valence-electron chi connectivity index (χ2n) is 5.62. The molecule has 1 aromatic heterocycles. The number of amides is 1. The van der Waals surface area contributed by atoms with Crippen LogP contribution < -0.4 is 11.1 Å². The van der Waals surface area contributed by atoms with Crippen molar-refractivity contribution in [2.24, 2.45) is 11.7 Å². The maximum atomic E-state index is 11.9. The number of carbonyl (C=O) groups excluding carboxylic acids is 1. The van der Waals surface area contributed by atoms with Crippen LogP contribution in [-0.4, -0.2) is 27.4 Å². The van der Waals surface area contributed by atoms with Gasteiger partial charge in [0.05, 0.1) is 11.7 Å². The largest absolute Gasteiger partial charge is 0.354 e. The van der Waals surface area contributed by atoms with Crippen molar-refractivity contribution in [2.75, 3.05) is 6.54 Å². The van der Waals surface area contributed by atoms with Gasteiger partial charge in [0.1, 0.15) is 11.7 Å². The molecule has 0 saturated heterocycles. The fraction of sp³-hybridized carbons (Fsp3) is 0.750. The molecule has 0 aliphatic carbocycles. The molecular weight excluding hydrogens is 230 g/mol. The van der Waals surface area contributed by atoms with Gasteiger partial charge in [0.2, 0.25) is 5.91 Å². The highest BCUT2D eigenvalue weighted by atomic mass is 16.2. The van der Waals surface area contributed by atoms with Gasteiger partial charge in [-0.1, -0.05) is 19.1 Å². The minimum absolute atomic E-state index is 0.0602. The quantitative estimate of drug-likeness (QED) is 0.813. The van der Waals surface area contributed by atoms with Crippen molar-refractivity contribution in [3.8, 4) is 0 Å². The molecule has 0 aliphatic rings. The van der Waals surface area contributed by atoms with Crippen LogP contribution in [0.3, 0.4) is 0 Å². The summed E-state index contributed by atoms with van der Waals surface area (Å²) in [4.78, 5) is 11.9. The zero-order valence-corrected chi connectivity index (χ0v) is 11.8. The Kier molecular flexibility index (Phi) is 4.45. The van der Waals surface area contributed by atoms with Crippen molar-refractivity contribution < 1.29 is 4.79 Å². The molecule has 0 bridgehead atoms. The number of hydrogen-bond donors (Lipinski definition) is 2. The first-order valence-corrected chi connectivity index (χ1v) is 6.20. The van der Waals surface area contributed by atoms with Crippen molar-refractivity contribution in [1.29, 1.82) is 0 Å². The molecule has 0 spiro atoms. The molecule has 1 unspecified atom stereocenters. The first-order valence-electron chi connectivity index (χ1n) is 6.20. The van der Waals surface area contributed by atoms with E-state index in [9.17, 15) is 4.79 Å². The summed E-state index contributed by atoms with van der Waals surface area (Å²) in [5, 5.41) is 10.8. The average molecular weight is 253 g/mol. The summed E-state index contributed by atoms with van der Waals surface area (Å²) in [6.07, 6.45) is 1.72. The third-order valence-corrected chi connectivity index (χ3v) is 2.63. The fourth-order valence-electron chi connectivity index (χ4n) is 1.33. The predicted molar refractivity (Wildman–Crippen MR) is 69.8 cm³/mol.